The van der Waals surface area contributed by atoms with Crippen LogP contribution >= 0.6 is 0 Å². The normalized spacial score (nSPS) is 19.3. The molecule has 1 aromatic heterocycles. The molecule has 0 amide bonds. The number of unbranched alkanes of at least 4 members (excludes halogenated alkanes) is 11. The number of aliphatic carboxylic acids is 1. The van der Waals surface area contributed by atoms with Crippen molar-refractivity contribution in [2.24, 2.45) is 5.41 Å². The van der Waals surface area contributed by atoms with Gasteiger partial charge in [0.05, 0.1) is 24.3 Å². The number of hydrogen-bond acceptors (Lipinski definition) is 6. The molecule has 2 fully saturated rings. The molecule has 1 aromatic rings. The third-order valence-electron chi connectivity index (χ3n) is 9.67. The molecule has 8 nitrogen and oxygen atoms in total. The van der Waals surface area contributed by atoms with Crippen LogP contribution in [-0.2, 0) is 20.7 Å². The number of carboxylic acids is 1. The van der Waals surface area contributed by atoms with E-state index in [1.165, 1.54) is 51.4 Å². The minimum Gasteiger partial charge on any atom is -0.481 e. The number of nitrogens with zero attached hydrogens (tertiary/aromatic N) is 2. The summed E-state index contributed by atoms with van der Waals surface area (Å²) in [6.45, 7) is 11.7. The molecule has 3 heterocycles. The van der Waals surface area contributed by atoms with Crippen molar-refractivity contribution in [2.75, 3.05) is 24.6 Å². The minimum atomic E-state index is -0.954. The number of aromatic nitrogens is 1. The SMILES string of the molecule is CCCCCCCCC=CCCCCCCCC(=O)n1cc(N2CCCCC2)c(C(=O)C2OC(C)(C)OCC2(C)C)c1CCC(=O)O. The summed E-state index contributed by atoms with van der Waals surface area (Å²) >= 11 is 0. The number of carboxylic acid groups (broad SMARTS) is 1. The van der Waals surface area contributed by atoms with Gasteiger partial charge < -0.3 is 19.5 Å². The van der Waals surface area contributed by atoms with Gasteiger partial charge in [-0.1, -0.05) is 84.3 Å². The number of Topliss-reactive ketones (excluding diaryl/α,β-unsaturated/α-hetero) is 1. The molecule has 8 heteroatoms. The predicted molar refractivity (Wildman–Crippen MR) is 190 cm³/mol. The summed E-state index contributed by atoms with van der Waals surface area (Å²) in [5.74, 6) is -2.15. The first-order valence-electron chi connectivity index (χ1n) is 18.7. The van der Waals surface area contributed by atoms with Gasteiger partial charge in [-0.15, -0.1) is 0 Å². The lowest BCUT2D eigenvalue weighted by molar-refractivity contribution is -0.298. The molecule has 266 valence electrons. The summed E-state index contributed by atoms with van der Waals surface area (Å²) in [6.07, 6.45) is 24.6. The molecule has 0 bridgehead atoms. The van der Waals surface area contributed by atoms with E-state index in [1.54, 1.807) is 4.57 Å². The number of allylic oxidation sites excluding steroid dienone is 2. The Labute approximate surface area is 284 Å². The minimum absolute atomic E-state index is 0.0761. The van der Waals surface area contributed by atoms with Crippen LogP contribution in [0.1, 0.15) is 171 Å². The summed E-state index contributed by atoms with van der Waals surface area (Å²) in [6, 6.07) is 0. The standard InChI is InChI=1S/C39H64N2O6/c1-6-7-8-9-10-11-12-13-14-15-16-17-18-19-21-24-33(42)41-29-32(40-27-22-20-23-28-40)35(31(41)25-26-34(43)44)36(45)37-38(2,3)30-46-39(4,5)47-37/h13-14,29,37H,6-12,15-28,30H2,1-5H3,(H,43,44). The van der Waals surface area contributed by atoms with E-state index in [9.17, 15) is 19.5 Å². The van der Waals surface area contributed by atoms with Crippen LogP contribution in [-0.4, -0.2) is 58.9 Å². The van der Waals surface area contributed by atoms with Crippen LogP contribution in [0, 0.1) is 5.41 Å². The molecule has 0 saturated carbocycles. The first-order valence-corrected chi connectivity index (χ1v) is 18.7. The van der Waals surface area contributed by atoms with Crippen LogP contribution in [0.4, 0.5) is 5.69 Å². The van der Waals surface area contributed by atoms with Gasteiger partial charge in [0, 0.05) is 36.8 Å². The Kier molecular flexibility index (Phi) is 16.2. The summed E-state index contributed by atoms with van der Waals surface area (Å²) in [4.78, 5) is 42.2. The highest BCUT2D eigenvalue weighted by molar-refractivity contribution is 6.07. The number of rotatable bonds is 21. The maximum absolute atomic E-state index is 14.5. The second kappa shape index (κ2) is 19.5. The number of carbonyl (C=O) groups excluding carboxylic acids is 2. The smallest absolute Gasteiger partial charge is 0.303 e. The van der Waals surface area contributed by atoms with E-state index in [2.05, 4.69) is 24.0 Å². The number of carbonyl (C=O) groups is 3. The van der Waals surface area contributed by atoms with Crippen molar-refractivity contribution in [3.05, 3.63) is 29.6 Å². The topological polar surface area (TPSA) is 98.1 Å². The maximum atomic E-state index is 14.5. The zero-order chi connectivity index (χ0) is 34.3. The van der Waals surface area contributed by atoms with Crippen molar-refractivity contribution in [1.29, 1.82) is 0 Å². The molecule has 2 aliphatic rings. The number of ether oxygens (including phenoxy) is 2. The number of ketones is 1. The maximum Gasteiger partial charge on any atom is 0.303 e. The second-order valence-corrected chi connectivity index (χ2v) is 14.9. The molecule has 0 radical (unpaired) electrons. The van der Waals surface area contributed by atoms with Gasteiger partial charge in [-0.3, -0.25) is 19.0 Å². The molecule has 3 rings (SSSR count). The Balaban J connectivity index is 1.64. The van der Waals surface area contributed by atoms with E-state index in [-0.39, 0.29) is 24.5 Å². The summed E-state index contributed by atoms with van der Waals surface area (Å²) in [5, 5.41) is 9.61. The van der Waals surface area contributed by atoms with Crippen LogP contribution < -0.4 is 4.90 Å². The molecular weight excluding hydrogens is 592 g/mol. The van der Waals surface area contributed by atoms with Crippen LogP contribution in [0.5, 0.6) is 0 Å². The summed E-state index contributed by atoms with van der Waals surface area (Å²) in [5.41, 5.74) is 1.09. The fourth-order valence-electron chi connectivity index (χ4n) is 6.79. The van der Waals surface area contributed by atoms with Crippen LogP contribution in [0.3, 0.4) is 0 Å². The van der Waals surface area contributed by atoms with Crippen LogP contribution in [0.25, 0.3) is 0 Å². The molecule has 47 heavy (non-hydrogen) atoms. The van der Waals surface area contributed by atoms with Gasteiger partial charge in [0.15, 0.2) is 11.6 Å². The van der Waals surface area contributed by atoms with E-state index < -0.39 is 23.3 Å². The Hall–Kier alpha value is -2.45. The molecule has 1 atom stereocenters. The molecule has 1 N–H and O–H groups in total. The van der Waals surface area contributed by atoms with Gasteiger partial charge in [-0.2, -0.15) is 0 Å². The molecule has 0 aromatic carbocycles. The molecule has 2 aliphatic heterocycles. The lowest BCUT2D eigenvalue weighted by Crippen LogP contribution is -2.53. The Bertz CT molecular complexity index is 1160. The van der Waals surface area contributed by atoms with Gasteiger partial charge in [-0.25, -0.2) is 0 Å². The quantitative estimate of drug-likeness (QED) is 0.0799. The predicted octanol–water partition coefficient (Wildman–Crippen LogP) is 9.53. The zero-order valence-electron chi connectivity index (χ0n) is 30.2. The monoisotopic (exact) mass is 656 g/mol. The zero-order valence-corrected chi connectivity index (χ0v) is 30.2. The second-order valence-electron chi connectivity index (χ2n) is 14.9. The van der Waals surface area contributed by atoms with Gasteiger partial charge in [-0.05, 0) is 71.6 Å². The highest BCUT2D eigenvalue weighted by atomic mass is 16.7. The molecule has 1 unspecified atom stereocenters. The Morgan fingerprint density at radius 2 is 1.45 bits per heavy atom. The molecule has 0 spiro atoms. The van der Waals surface area contributed by atoms with Crippen molar-refractivity contribution in [2.45, 2.75) is 169 Å². The highest BCUT2D eigenvalue weighted by Crippen LogP contribution is 2.40. The van der Waals surface area contributed by atoms with Crippen molar-refractivity contribution in [3.8, 4) is 0 Å². The van der Waals surface area contributed by atoms with Gasteiger partial charge in [0.2, 0.25) is 5.91 Å². The first-order chi connectivity index (χ1) is 22.5. The molecule has 0 aliphatic carbocycles. The van der Waals surface area contributed by atoms with Crippen molar-refractivity contribution in [1.82, 2.24) is 4.57 Å². The highest BCUT2D eigenvalue weighted by Gasteiger charge is 2.47. The summed E-state index contributed by atoms with van der Waals surface area (Å²) < 4.78 is 13.7. The van der Waals surface area contributed by atoms with E-state index in [4.69, 9.17) is 9.47 Å². The van der Waals surface area contributed by atoms with Crippen LogP contribution in [0.2, 0.25) is 0 Å². The van der Waals surface area contributed by atoms with Crippen molar-refractivity contribution >= 4 is 23.3 Å². The third-order valence-corrected chi connectivity index (χ3v) is 9.67. The van der Waals surface area contributed by atoms with E-state index in [0.717, 1.165) is 70.1 Å². The van der Waals surface area contributed by atoms with Crippen LogP contribution in [0.15, 0.2) is 18.3 Å². The van der Waals surface area contributed by atoms with Crippen molar-refractivity contribution < 1.29 is 29.0 Å². The molecule has 2 saturated heterocycles. The Morgan fingerprint density at radius 3 is 2.06 bits per heavy atom. The largest absolute Gasteiger partial charge is 0.481 e. The number of anilines is 1. The first kappa shape index (κ1) is 39.0. The van der Waals surface area contributed by atoms with Gasteiger partial charge >= 0.3 is 5.97 Å². The lowest BCUT2D eigenvalue weighted by atomic mass is 9.81. The lowest BCUT2D eigenvalue weighted by Gasteiger charge is -2.45. The average Bonchev–Trinajstić information content (AvgIpc) is 3.43. The average molecular weight is 657 g/mol. The van der Waals surface area contributed by atoms with E-state index in [1.807, 2.05) is 33.9 Å². The fraction of sp³-hybridized carbons (Fsp3) is 0.769. The fourth-order valence-corrected chi connectivity index (χ4v) is 6.79. The van der Waals surface area contributed by atoms with E-state index >= 15 is 0 Å². The van der Waals surface area contributed by atoms with Gasteiger partial charge in [0.25, 0.3) is 0 Å². The summed E-state index contributed by atoms with van der Waals surface area (Å²) in [7, 11) is 0. The molecular formula is C39H64N2O6. The van der Waals surface area contributed by atoms with E-state index in [0.29, 0.717) is 24.3 Å². The third kappa shape index (κ3) is 12.5. The van der Waals surface area contributed by atoms with Crippen molar-refractivity contribution in [3.63, 3.8) is 0 Å². The number of hydrogen-bond donors (Lipinski definition) is 1. The Morgan fingerprint density at radius 1 is 0.851 bits per heavy atom. The van der Waals surface area contributed by atoms with Gasteiger partial charge in [0.1, 0.15) is 6.10 Å². The number of piperidine rings is 1.